The lowest BCUT2D eigenvalue weighted by molar-refractivity contribution is -0.132. The number of aliphatic hydroxyl groups is 1. The van der Waals surface area contributed by atoms with Crippen LogP contribution in [-0.2, 0) is 15.3 Å². The number of hydrogen-bond acceptors (Lipinski definition) is 8. The molecule has 41 heavy (non-hydrogen) atoms. The Morgan fingerprint density at radius 3 is 2.46 bits per heavy atom. The molecule has 1 amide bonds. The fourth-order valence-corrected chi connectivity index (χ4v) is 6.94. The van der Waals surface area contributed by atoms with Crippen molar-refractivity contribution in [2.24, 2.45) is 0 Å². The van der Waals surface area contributed by atoms with Crippen LogP contribution in [0.1, 0.15) is 39.7 Å². The smallest absolute Gasteiger partial charge is 0.301 e. The van der Waals surface area contributed by atoms with Gasteiger partial charge in [-0.1, -0.05) is 87.1 Å². The molecular formula is C30H24BrN5O3S2. The first kappa shape index (κ1) is 27.4. The molecular weight excluding hydrogens is 622 g/mol. The molecule has 4 heterocycles. The maximum Gasteiger partial charge on any atom is 0.301 e. The Hall–Kier alpha value is -3.80. The summed E-state index contributed by atoms with van der Waals surface area (Å²) >= 11 is 6.20. The number of amides is 1. The lowest BCUT2D eigenvalue weighted by atomic mass is 9.96. The molecule has 1 fully saturated rings. The van der Waals surface area contributed by atoms with Crippen LogP contribution >= 0.6 is 39.0 Å². The molecule has 8 nitrogen and oxygen atoms in total. The predicted molar refractivity (Wildman–Crippen MR) is 164 cm³/mol. The average molecular weight is 647 g/mol. The first-order chi connectivity index (χ1) is 19.7. The van der Waals surface area contributed by atoms with Gasteiger partial charge in [0.15, 0.2) is 10.1 Å². The molecule has 6 rings (SSSR count). The van der Waals surface area contributed by atoms with E-state index in [0.29, 0.717) is 27.0 Å². The van der Waals surface area contributed by atoms with E-state index in [2.05, 4.69) is 55.4 Å². The zero-order valence-electron chi connectivity index (χ0n) is 22.3. The molecule has 1 N–H and O–H groups in total. The van der Waals surface area contributed by atoms with E-state index in [4.69, 9.17) is 0 Å². The molecule has 2 aromatic carbocycles. The third kappa shape index (κ3) is 4.98. The van der Waals surface area contributed by atoms with Gasteiger partial charge in [-0.3, -0.25) is 14.5 Å². The number of ketones is 1. The first-order valence-electron chi connectivity index (χ1n) is 12.8. The van der Waals surface area contributed by atoms with Crippen molar-refractivity contribution in [1.29, 1.82) is 0 Å². The highest BCUT2D eigenvalue weighted by Gasteiger charge is 2.48. The van der Waals surface area contributed by atoms with Gasteiger partial charge < -0.3 is 9.51 Å². The van der Waals surface area contributed by atoms with Crippen molar-refractivity contribution < 1.29 is 14.7 Å². The number of carbonyl (C=O) groups is 2. The molecule has 1 aliphatic heterocycles. The van der Waals surface area contributed by atoms with Crippen LogP contribution in [0.2, 0.25) is 0 Å². The van der Waals surface area contributed by atoms with Gasteiger partial charge in [0.2, 0.25) is 5.13 Å². The Morgan fingerprint density at radius 2 is 1.76 bits per heavy atom. The lowest BCUT2D eigenvalue weighted by Crippen LogP contribution is -2.29. The van der Waals surface area contributed by atoms with Gasteiger partial charge in [-0.25, -0.2) is 4.98 Å². The minimum absolute atomic E-state index is 0.0365. The average Bonchev–Trinajstić information content (AvgIpc) is 3.64. The third-order valence-electron chi connectivity index (χ3n) is 7.02. The Balaban J connectivity index is 1.43. The number of aromatic nitrogens is 4. The number of anilines is 1. The summed E-state index contributed by atoms with van der Waals surface area (Å²) in [6, 6.07) is 18.5. The van der Waals surface area contributed by atoms with Gasteiger partial charge in [0.25, 0.3) is 5.78 Å². The molecule has 0 aliphatic carbocycles. The van der Waals surface area contributed by atoms with Gasteiger partial charge in [-0.2, -0.15) is 0 Å². The number of hydrogen-bond donors (Lipinski definition) is 1. The molecule has 1 atom stereocenters. The van der Waals surface area contributed by atoms with E-state index in [-0.39, 0.29) is 22.2 Å². The van der Waals surface area contributed by atoms with Crippen molar-refractivity contribution in [3.05, 3.63) is 111 Å². The molecule has 206 valence electrons. The van der Waals surface area contributed by atoms with E-state index < -0.39 is 17.7 Å². The number of halogens is 1. The highest BCUT2D eigenvalue weighted by atomic mass is 79.9. The van der Waals surface area contributed by atoms with E-state index >= 15 is 0 Å². The maximum absolute atomic E-state index is 13.6. The number of pyridine rings is 1. The molecule has 0 radical (unpaired) electrons. The Labute approximate surface area is 252 Å². The topological polar surface area (TPSA) is 101 Å². The summed E-state index contributed by atoms with van der Waals surface area (Å²) in [5.74, 6) is -1.20. The summed E-state index contributed by atoms with van der Waals surface area (Å²) in [4.78, 5) is 33.1. The molecule has 1 unspecified atom stereocenters. The van der Waals surface area contributed by atoms with Crippen molar-refractivity contribution in [1.82, 2.24) is 19.6 Å². The van der Waals surface area contributed by atoms with E-state index in [0.717, 1.165) is 15.6 Å². The zero-order chi connectivity index (χ0) is 28.8. The molecule has 1 aliphatic rings. The summed E-state index contributed by atoms with van der Waals surface area (Å²) in [5, 5.41) is 20.5. The van der Waals surface area contributed by atoms with Crippen LogP contribution in [0.4, 0.5) is 5.13 Å². The SMILES string of the molecule is Cc1ccc(CSc2nnc(N3C(=O)C(=O)C(=C(O)c4nc5c(C)cccn5c4C)C3c3ccc(Br)cc3)s2)cc1. The van der Waals surface area contributed by atoms with Gasteiger partial charge in [0, 0.05) is 16.4 Å². The van der Waals surface area contributed by atoms with Crippen LogP contribution in [0.5, 0.6) is 0 Å². The van der Waals surface area contributed by atoms with Gasteiger partial charge in [0.05, 0.1) is 17.3 Å². The largest absolute Gasteiger partial charge is 0.505 e. The number of nitrogens with zero attached hydrogens (tertiary/aromatic N) is 5. The number of aryl methyl sites for hydroxylation is 3. The van der Waals surface area contributed by atoms with Gasteiger partial charge in [0.1, 0.15) is 11.3 Å². The van der Waals surface area contributed by atoms with Crippen LogP contribution in [0.15, 0.2) is 81.2 Å². The number of fused-ring (bicyclic) bond motifs is 1. The number of benzene rings is 2. The highest BCUT2D eigenvalue weighted by Crippen LogP contribution is 2.44. The molecule has 1 saturated heterocycles. The maximum atomic E-state index is 13.6. The van der Waals surface area contributed by atoms with Crippen LogP contribution in [0, 0.1) is 20.8 Å². The van der Waals surface area contributed by atoms with Crippen molar-refractivity contribution in [2.45, 2.75) is 36.9 Å². The van der Waals surface area contributed by atoms with E-state index in [1.54, 1.807) is 0 Å². The number of aliphatic hydroxyl groups excluding tert-OH is 1. The summed E-state index contributed by atoms with van der Waals surface area (Å²) in [5.41, 5.74) is 5.45. The monoisotopic (exact) mass is 645 g/mol. The second kappa shape index (κ2) is 10.9. The zero-order valence-corrected chi connectivity index (χ0v) is 25.5. The number of thioether (sulfide) groups is 1. The molecule has 0 spiro atoms. The fraction of sp³-hybridized carbons (Fsp3) is 0.167. The highest BCUT2D eigenvalue weighted by molar-refractivity contribution is 9.10. The number of carbonyl (C=O) groups excluding carboxylic acids is 2. The van der Waals surface area contributed by atoms with Gasteiger partial charge in [-0.05, 0) is 55.7 Å². The number of imidazole rings is 1. The Morgan fingerprint density at radius 1 is 1.02 bits per heavy atom. The third-order valence-corrected chi connectivity index (χ3v) is 9.68. The van der Waals surface area contributed by atoms with Crippen molar-refractivity contribution in [3.63, 3.8) is 0 Å². The normalized spacial score (nSPS) is 16.7. The summed E-state index contributed by atoms with van der Waals surface area (Å²) < 4.78 is 3.37. The van der Waals surface area contributed by atoms with Crippen molar-refractivity contribution >= 4 is 67.3 Å². The predicted octanol–water partition coefficient (Wildman–Crippen LogP) is 6.79. The summed E-state index contributed by atoms with van der Waals surface area (Å²) in [7, 11) is 0. The van der Waals surface area contributed by atoms with Crippen molar-refractivity contribution in [3.8, 4) is 0 Å². The number of Topliss-reactive ketones (excluding diaryl/α,β-unsaturated/α-hetero) is 1. The molecule has 5 aromatic rings. The van der Waals surface area contributed by atoms with E-state index in [9.17, 15) is 14.7 Å². The van der Waals surface area contributed by atoms with Crippen LogP contribution in [0.3, 0.4) is 0 Å². The van der Waals surface area contributed by atoms with E-state index in [1.165, 1.54) is 33.6 Å². The Bertz CT molecular complexity index is 1840. The summed E-state index contributed by atoms with van der Waals surface area (Å²) in [6.07, 6.45) is 1.85. The van der Waals surface area contributed by atoms with Crippen LogP contribution in [-0.4, -0.2) is 36.4 Å². The molecule has 11 heteroatoms. The fourth-order valence-electron chi connectivity index (χ4n) is 4.85. The molecule has 3 aromatic heterocycles. The summed E-state index contributed by atoms with van der Waals surface area (Å²) in [6.45, 7) is 5.79. The van der Waals surface area contributed by atoms with E-state index in [1.807, 2.05) is 67.8 Å². The van der Waals surface area contributed by atoms with Crippen LogP contribution in [0.25, 0.3) is 11.4 Å². The van der Waals surface area contributed by atoms with Crippen molar-refractivity contribution in [2.75, 3.05) is 4.90 Å². The number of rotatable bonds is 6. The van der Waals surface area contributed by atoms with Gasteiger partial charge in [-0.15, -0.1) is 10.2 Å². The minimum Gasteiger partial charge on any atom is -0.505 e. The lowest BCUT2D eigenvalue weighted by Gasteiger charge is -2.22. The second-order valence-corrected chi connectivity index (χ2v) is 12.9. The quantitative estimate of drug-likeness (QED) is 0.0713. The van der Waals surface area contributed by atoms with Gasteiger partial charge >= 0.3 is 5.91 Å². The Kier molecular flexibility index (Phi) is 7.27. The second-order valence-electron chi connectivity index (χ2n) is 9.78. The minimum atomic E-state index is -0.906. The van der Waals surface area contributed by atoms with Crippen LogP contribution < -0.4 is 4.90 Å². The first-order valence-corrected chi connectivity index (χ1v) is 15.4. The molecule has 0 saturated carbocycles. The standard InChI is InChI=1S/C30H24BrN5O3S2/c1-16-6-8-19(9-7-16)15-40-30-34-33-29(41-30)36-24(20-10-12-21(31)13-11-20)22(26(38)28(36)39)25(37)23-18(3)35-14-4-5-17(2)27(35)32-23/h4-14,24,37H,15H2,1-3H3. The molecule has 0 bridgehead atoms.